The number of nitrogens with zero attached hydrogens (tertiary/aromatic N) is 7. The molecule has 4 aromatic rings. The van der Waals surface area contributed by atoms with Gasteiger partial charge in [0.25, 0.3) is 5.91 Å². The number of esters is 1. The van der Waals surface area contributed by atoms with Gasteiger partial charge in [0.05, 0.1) is 46.9 Å². The number of benzene rings is 1. The van der Waals surface area contributed by atoms with E-state index < -0.39 is 41.3 Å². The molecule has 3 aliphatic rings. The molecule has 1 aromatic carbocycles. The average molecular weight is 924 g/mol. The van der Waals surface area contributed by atoms with Gasteiger partial charge >= 0.3 is 12.0 Å². The van der Waals surface area contributed by atoms with Gasteiger partial charge in [-0.2, -0.15) is 0 Å². The van der Waals surface area contributed by atoms with Gasteiger partial charge in [-0.15, -0.1) is 11.3 Å². The Morgan fingerprint density at radius 1 is 1.12 bits per heavy atom. The second-order valence-corrected chi connectivity index (χ2v) is 19.9. The topological polar surface area (TPSA) is 172 Å². The van der Waals surface area contributed by atoms with Crippen LogP contribution in [0.4, 0.5) is 4.79 Å². The Bertz CT molecular complexity index is 2500. The highest BCUT2D eigenvalue weighted by atomic mass is 32.1. The first-order chi connectivity index (χ1) is 31.4. The van der Waals surface area contributed by atoms with E-state index in [1.807, 2.05) is 32.2 Å². The van der Waals surface area contributed by atoms with Crippen molar-refractivity contribution in [1.82, 2.24) is 45.0 Å². The maximum absolute atomic E-state index is 14.6. The van der Waals surface area contributed by atoms with Crippen molar-refractivity contribution in [2.75, 3.05) is 41.4 Å². The van der Waals surface area contributed by atoms with Gasteiger partial charge < -0.3 is 34.1 Å². The Labute approximate surface area is 391 Å². The van der Waals surface area contributed by atoms with Crippen molar-refractivity contribution >= 4 is 52.0 Å². The Balaban J connectivity index is 1.25. The summed E-state index contributed by atoms with van der Waals surface area (Å²) < 4.78 is 14.2. The molecule has 1 saturated heterocycles. The van der Waals surface area contributed by atoms with Crippen molar-refractivity contribution in [3.05, 3.63) is 70.8 Å². The number of thiazole rings is 1. The third kappa shape index (κ3) is 9.74. The number of amides is 5. The fraction of sp³-hybridized carbons (Fsp3) is 0.531. The minimum absolute atomic E-state index is 0.0673. The lowest BCUT2D eigenvalue weighted by Gasteiger charge is -2.37. The van der Waals surface area contributed by atoms with Crippen LogP contribution in [0.3, 0.4) is 0 Å². The smallest absolute Gasteiger partial charge is 0.324 e. The average Bonchev–Trinajstić information content (AvgIpc) is 3.88. The molecule has 5 amide bonds. The van der Waals surface area contributed by atoms with Crippen molar-refractivity contribution in [3.8, 4) is 22.5 Å². The molecule has 354 valence electrons. The van der Waals surface area contributed by atoms with Crippen LogP contribution in [0.25, 0.3) is 33.4 Å². The SMILES string of the molecule is C=CC(=O)N(C)[C@@H]1C[C@H]1N(C)C(=O)N(C)[C@H](C(=O)N[C@H]1Cc2nc(cs2)-c2ccc3c(c2)c(c(-c2cccnc2[C@H](C)OC)n3CC)CC(C)(C)COC(=O)[C@@H]2CCCN(N2)C1=O)C(C)C. The van der Waals surface area contributed by atoms with E-state index in [4.69, 9.17) is 19.4 Å². The summed E-state index contributed by atoms with van der Waals surface area (Å²) in [6.45, 7) is 16.7. The molecule has 2 N–H and O–H groups in total. The van der Waals surface area contributed by atoms with Crippen molar-refractivity contribution < 1.29 is 33.4 Å². The van der Waals surface area contributed by atoms with Crippen molar-refractivity contribution in [3.63, 3.8) is 0 Å². The molecule has 17 heteroatoms. The molecule has 2 fully saturated rings. The molecule has 0 radical (unpaired) electrons. The molecule has 3 aromatic heterocycles. The molecule has 0 spiro atoms. The van der Waals surface area contributed by atoms with E-state index in [-0.39, 0.29) is 49.1 Å². The number of carbonyl (C=O) groups is 5. The van der Waals surface area contributed by atoms with Crippen LogP contribution in [0.1, 0.15) is 83.2 Å². The number of pyridine rings is 1. The number of likely N-dealkylation sites (N-methyl/N-ethyl adjacent to an activating group) is 3. The van der Waals surface area contributed by atoms with Crippen LogP contribution in [0.5, 0.6) is 0 Å². The summed E-state index contributed by atoms with van der Waals surface area (Å²) in [7, 11) is 6.61. The number of fused-ring (bicyclic) bond motifs is 6. The Morgan fingerprint density at radius 3 is 2.56 bits per heavy atom. The highest BCUT2D eigenvalue weighted by Gasteiger charge is 2.48. The highest BCUT2D eigenvalue weighted by Crippen LogP contribution is 2.42. The molecule has 1 aliphatic carbocycles. The summed E-state index contributed by atoms with van der Waals surface area (Å²) in [5.41, 5.74) is 9.23. The molecule has 7 rings (SSSR count). The number of hydrogen-bond acceptors (Lipinski definition) is 11. The van der Waals surface area contributed by atoms with Crippen molar-refractivity contribution in [2.24, 2.45) is 11.3 Å². The molecule has 1 saturated carbocycles. The summed E-state index contributed by atoms with van der Waals surface area (Å²) >= 11 is 1.40. The lowest BCUT2D eigenvalue weighted by atomic mass is 9.84. The van der Waals surface area contributed by atoms with Gasteiger partial charge in [-0.25, -0.2) is 15.2 Å². The quantitative estimate of drug-likeness (QED) is 0.134. The van der Waals surface area contributed by atoms with Crippen LogP contribution in [0.2, 0.25) is 0 Å². The fourth-order valence-corrected chi connectivity index (χ4v) is 10.4. The lowest BCUT2D eigenvalue weighted by Crippen LogP contribution is -2.62. The summed E-state index contributed by atoms with van der Waals surface area (Å²) in [4.78, 5) is 83.6. The molecular weight excluding hydrogens is 859 g/mol. The highest BCUT2D eigenvalue weighted by molar-refractivity contribution is 7.10. The number of carbonyl (C=O) groups excluding carboxylic acids is 5. The van der Waals surface area contributed by atoms with Crippen molar-refractivity contribution in [1.29, 1.82) is 0 Å². The monoisotopic (exact) mass is 923 g/mol. The Hall–Kier alpha value is -5.65. The molecule has 6 atom stereocenters. The predicted octanol–water partition coefficient (Wildman–Crippen LogP) is 6.00. The molecule has 0 unspecified atom stereocenters. The van der Waals surface area contributed by atoms with Gasteiger partial charge in [0, 0.05) is 86.8 Å². The zero-order chi connectivity index (χ0) is 47.8. The van der Waals surface area contributed by atoms with Gasteiger partial charge in [0.15, 0.2) is 0 Å². The normalized spacial score (nSPS) is 21.7. The number of urea groups is 1. The standard InChI is InChI=1S/C49H65N9O7S/c1-12-41(59)54(8)38-24-39(38)55(9)48(63)56(10)43(28(3)4)45(60)52-35-23-40-51-36(26-66-40)30-18-19-37-32(22-30)33(44(57(37)13-2)31-16-14-20-50-42(31)29(5)64-11)25-49(6,7)27-65-47(62)34-17-15-21-58(53-34)46(35)61/h12,14,16,18-20,22,26,28-29,34-35,38-39,43,53H,1,13,15,17,21,23-25,27H2,2-11H3,(H,52,60)/t29-,34-,35-,38+,39+,43-/m0/s1. The molecule has 5 heterocycles. The lowest BCUT2D eigenvalue weighted by molar-refractivity contribution is -0.155. The largest absolute Gasteiger partial charge is 0.464 e. The fourth-order valence-electron chi connectivity index (χ4n) is 9.57. The Morgan fingerprint density at radius 2 is 1.86 bits per heavy atom. The van der Waals surface area contributed by atoms with E-state index in [2.05, 4.69) is 66.9 Å². The number of ether oxygens (including phenoxy) is 2. The molecular formula is C49H65N9O7S. The summed E-state index contributed by atoms with van der Waals surface area (Å²) in [5.74, 6) is -1.95. The van der Waals surface area contributed by atoms with Crippen LogP contribution >= 0.6 is 11.3 Å². The van der Waals surface area contributed by atoms with Gasteiger partial charge in [0.1, 0.15) is 18.1 Å². The zero-order valence-electron chi connectivity index (χ0n) is 39.9. The van der Waals surface area contributed by atoms with Crippen LogP contribution in [-0.2, 0) is 48.0 Å². The number of cyclic esters (lactones) is 1. The van der Waals surface area contributed by atoms with Gasteiger partial charge in [-0.3, -0.25) is 29.2 Å². The van der Waals surface area contributed by atoms with E-state index in [1.54, 1.807) is 44.2 Å². The molecule has 2 aliphatic heterocycles. The first-order valence-corrected chi connectivity index (χ1v) is 23.8. The third-order valence-corrected chi connectivity index (χ3v) is 14.2. The number of aromatic nitrogens is 3. The second kappa shape index (κ2) is 19.7. The van der Waals surface area contributed by atoms with E-state index in [0.29, 0.717) is 43.8 Å². The summed E-state index contributed by atoms with van der Waals surface area (Å²) in [5, 5.41) is 8.08. The van der Waals surface area contributed by atoms with Crippen LogP contribution < -0.4 is 10.7 Å². The zero-order valence-corrected chi connectivity index (χ0v) is 40.7. The first-order valence-electron chi connectivity index (χ1n) is 22.9. The first kappa shape index (κ1) is 48.3. The van der Waals surface area contributed by atoms with Crippen molar-refractivity contribution in [2.45, 2.75) is 117 Å². The molecule has 66 heavy (non-hydrogen) atoms. The third-order valence-electron chi connectivity index (χ3n) is 13.3. The number of methoxy groups -OCH3 is 1. The number of nitrogens with one attached hydrogen (secondary N) is 2. The van der Waals surface area contributed by atoms with E-state index in [1.165, 1.54) is 27.3 Å². The van der Waals surface area contributed by atoms with Crippen LogP contribution in [0, 0.1) is 11.3 Å². The van der Waals surface area contributed by atoms with Gasteiger partial charge in [-0.1, -0.05) is 40.3 Å². The Kier molecular flexibility index (Phi) is 14.4. The number of aryl methyl sites for hydroxylation is 1. The maximum Gasteiger partial charge on any atom is 0.324 e. The van der Waals surface area contributed by atoms with Crippen LogP contribution in [-0.4, -0.2) is 136 Å². The van der Waals surface area contributed by atoms with E-state index >= 15 is 0 Å². The van der Waals surface area contributed by atoms with E-state index in [9.17, 15) is 24.0 Å². The second-order valence-electron chi connectivity index (χ2n) is 19.0. The number of hydrazine groups is 1. The van der Waals surface area contributed by atoms with Gasteiger partial charge in [-0.05, 0) is 81.4 Å². The summed E-state index contributed by atoms with van der Waals surface area (Å²) in [6.07, 6.45) is 5.02. The number of rotatable bonds is 11. The molecule has 6 bridgehead atoms. The van der Waals surface area contributed by atoms with Gasteiger partial charge in [0.2, 0.25) is 11.8 Å². The maximum atomic E-state index is 14.6. The van der Waals surface area contributed by atoms with Crippen LogP contribution in [0.15, 0.2) is 54.6 Å². The minimum atomic E-state index is -1.09. The minimum Gasteiger partial charge on any atom is -0.464 e. The molecule has 16 nitrogen and oxygen atoms in total. The predicted molar refractivity (Wildman–Crippen MR) is 254 cm³/mol. The summed E-state index contributed by atoms with van der Waals surface area (Å²) in [6, 6.07) is 6.80. The van der Waals surface area contributed by atoms with E-state index in [0.717, 1.165) is 44.7 Å². The number of hydrogen-bond donors (Lipinski definition) is 2.